The van der Waals surface area contributed by atoms with Gasteiger partial charge in [0.2, 0.25) is 5.91 Å². The van der Waals surface area contributed by atoms with Gasteiger partial charge in [-0.15, -0.1) is 0 Å². The zero-order valence-electron chi connectivity index (χ0n) is 15.1. The lowest BCUT2D eigenvalue weighted by Crippen LogP contribution is -2.46. The van der Waals surface area contributed by atoms with E-state index in [1.165, 1.54) is 0 Å². The smallest absolute Gasteiger partial charge is 0.234 e. The molecule has 1 aliphatic rings. The van der Waals surface area contributed by atoms with Crippen molar-refractivity contribution in [3.63, 3.8) is 0 Å². The highest BCUT2D eigenvalue weighted by Gasteiger charge is 2.22. The van der Waals surface area contributed by atoms with E-state index in [1.54, 1.807) is 0 Å². The number of carbonyl (C=O) groups is 1. The Balaban J connectivity index is 1.70. The van der Waals surface area contributed by atoms with Gasteiger partial charge in [-0.2, -0.15) is 0 Å². The summed E-state index contributed by atoms with van der Waals surface area (Å²) in [6.07, 6.45) is 2.17. The van der Waals surface area contributed by atoms with Crippen molar-refractivity contribution >= 4 is 17.5 Å². The minimum absolute atomic E-state index is 0.0369. The van der Waals surface area contributed by atoms with Crippen molar-refractivity contribution < 1.29 is 4.79 Å². The SMILES string of the molecule is CN(CC(=O)NC(c1ccccc1)c1ccc(Cl)cc1)C1CCNCC1. The first-order chi connectivity index (χ1) is 12.6. The Morgan fingerprint density at radius 3 is 2.38 bits per heavy atom. The van der Waals surface area contributed by atoms with Crippen molar-refractivity contribution in [2.24, 2.45) is 0 Å². The maximum Gasteiger partial charge on any atom is 0.234 e. The first-order valence-corrected chi connectivity index (χ1v) is 9.52. The number of nitrogens with one attached hydrogen (secondary N) is 2. The largest absolute Gasteiger partial charge is 0.344 e. The molecule has 0 saturated carbocycles. The summed E-state index contributed by atoms with van der Waals surface area (Å²) in [5.74, 6) is 0.0369. The molecule has 1 atom stereocenters. The average Bonchev–Trinajstić information content (AvgIpc) is 2.68. The highest BCUT2D eigenvalue weighted by atomic mass is 35.5. The second-order valence-electron chi connectivity index (χ2n) is 6.86. The molecule has 4 nitrogen and oxygen atoms in total. The Morgan fingerprint density at radius 1 is 1.12 bits per heavy atom. The van der Waals surface area contributed by atoms with Crippen molar-refractivity contribution in [1.29, 1.82) is 0 Å². The van der Waals surface area contributed by atoms with Crippen LogP contribution in [0.1, 0.15) is 30.0 Å². The number of hydrogen-bond acceptors (Lipinski definition) is 3. The van der Waals surface area contributed by atoms with Gasteiger partial charge >= 0.3 is 0 Å². The van der Waals surface area contributed by atoms with E-state index in [0.717, 1.165) is 37.1 Å². The Morgan fingerprint density at radius 2 is 1.73 bits per heavy atom. The first-order valence-electron chi connectivity index (χ1n) is 9.14. The lowest BCUT2D eigenvalue weighted by molar-refractivity contribution is -0.123. The molecule has 0 aliphatic carbocycles. The number of likely N-dealkylation sites (N-methyl/N-ethyl adjacent to an activating group) is 1. The van der Waals surface area contributed by atoms with Crippen molar-refractivity contribution in [2.75, 3.05) is 26.7 Å². The molecule has 2 aromatic rings. The molecule has 1 unspecified atom stereocenters. The van der Waals surface area contributed by atoms with E-state index in [-0.39, 0.29) is 11.9 Å². The first kappa shape index (κ1) is 18.9. The molecule has 3 rings (SSSR count). The van der Waals surface area contributed by atoms with Gasteiger partial charge in [0, 0.05) is 11.1 Å². The molecule has 26 heavy (non-hydrogen) atoms. The third-order valence-electron chi connectivity index (χ3n) is 4.97. The number of carbonyl (C=O) groups excluding carboxylic acids is 1. The summed E-state index contributed by atoms with van der Waals surface area (Å²) in [7, 11) is 2.04. The number of amides is 1. The third-order valence-corrected chi connectivity index (χ3v) is 5.22. The quantitative estimate of drug-likeness (QED) is 0.819. The molecule has 1 aliphatic heterocycles. The standard InChI is InChI=1S/C21H26ClN3O/c1-25(19-11-13-23-14-12-19)15-20(26)24-21(16-5-3-2-4-6-16)17-7-9-18(22)10-8-17/h2-10,19,21,23H,11-15H2,1H3,(H,24,26). The summed E-state index contributed by atoms with van der Waals surface area (Å²) in [5.41, 5.74) is 2.09. The zero-order valence-corrected chi connectivity index (χ0v) is 15.9. The topological polar surface area (TPSA) is 44.4 Å². The number of piperidine rings is 1. The fourth-order valence-electron chi connectivity index (χ4n) is 3.47. The van der Waals surface area contributed by atoms with Gasteiger partial charge in [-0.1, -0.05) is 54.1 Å². The number of benzene rings is 2. The molecular formula is C21H26ClN3O. The molecule has 2 aromatic carbocycles. The highest BCUT2D eigenvalue weighted by Crippen LogP contribution is 2.23. The minimum Gasteiger partial charge on any atom is -0.344 e. The normalized spacial score (nSPS) is 16.4. The maximum absolute atomic E-state index is 12.7. The summed E-state index contributed by atoms with van der Waals surface area (Å²) in [6, 6.07) is 18.0. The molecular weight excluding hydrogens is 346 g/mol. The number of nitrogens with zero attached hydrogens (tertiary/aromatic N) is 1. The van der Waals surface area contributed by atoms with Crippen LogP contribution in [-0.4, -0.2) is 43.5 Å². The average molecular weight is 372 g/mol. The number of hydrogen-bond donors (Lipinski definition) is 2. The van der Waals surface area contributed by atoms with Crippen LogP contribution >= 0.6 is 11.6 Å². The molecule has 0 bridgehead atoms. The van der Waals surface area contributed by atoms with Gasteiger partial charge in [0.1, 0.15) is 0 Å². The fourth-order valence-corrected chi connectivity index (χ4v) is 3.60. The van der Waals surface area contributed by atoms with Gasteiger partial charge in [-0.05, 0) is 56.2 Å². The molecule has 1 saturated heterocycles. The molecule has 1 heterocycles. The van der Waals surface area contributed by atoms with Gasteiger partial charge < -0.3 is 10.6 Å². The lowest BCUT2D eigenvalue weighted by atomic mass is 9.98. The van der Waals surface area contributed by atoms with Crippen molar-refractivity contribution in [2.45, 2.75) is 24.9 Å². The summed E-state index contributed by atoms with van der Waals surface area (Å²) in [6.45, 7) is 2.45. The van der Waals surface area contributed by atoms with E-state index in [2.05, 4.69) is 15.5 Å². The van der Waals surface area contributed by atoms with Crippen LogP contribution in [0.4, 0.5) is 0 Å². The Labute approximate surface area is 160 Å². The number of rotatable bonds is 6. The molecule has 5 heteroatoms. The van der Waals surface area contributed by atoms with Gasteiger partial charge in [0.05, 0.1) is 12.6 Å². The lowest BCUT2D eigenvalue weighted by Gasteiger charge is -2.31. The van der Waals surface area contributed by atoms with Crippen molar-refractivity contribution in [3.8, 4) is 0 Å². The molecule has 1 fully saturated rings. The second kappa shape index (κ2) is 9.17. The van der Waals surface area contributed by atoms with Crippen LogP contribution in [0.2, 0.25) is 5.02 Å². The van der Waals surface area contributed by atoms with Gasteiger partial charge in [0.25, 0.3) is 0 Å². The van der Waals surface area contributed by atoms with Crippen molar-refractivity contribution in [1.82, 2.24) is 15.5 Å². The molecule has 138 valence electrons. The zero-order chi connectivity index (χ0) is 18.4. The molecule has 0 spiro atoms. The predicted molar refractivity (Wildman–Crippen MR) is 106 cm³/mol. The monoisotopic (exact) mass is 371 g/mol. The van der Waals surface area contributed by atoms with E-state index in [1.807, 2.05) is 61.6 Å². The van der Waals surface area contributed by atoms with E-state index in [0.29, 0.717) is 17.6 Å². The Bertz CT molecular complexity index is 699. The van der Waals surface area contributed by atoms with Gasteiger partial charge in [0.15, 0.2) is 0 Å². The van der Waals surface area contributed by atoms with E-state index >= 15 is 0 Å². The summed E-state index contributed by atoms with van der Waals surface area (Å²) >= 11 is 6.02. The van der Waals surface area contributed by atoms with Gasteiger partial charge in [-0.3, -0.25) is 9.69 Å². The van der Waals surface area contributed by atoms with Crippen LogP contribution in [0.5, 0.6) is 0 Å². The fraction of sp³-hybridized carbons (Fsp3) is 0.381. The van der Waals surface area contributed by atoms with Crippen LogP contribution in [0, 0.1) is 0 Å². The Kier molecular flexibility index (Phi) is 6.67. The summed E-state index contributed by atoms with van der Waals surface area (Å²) in [5, 5.41) is 7.26. The molecule has 2 N–H and O–H groups in total. The third kappa shape index (κ3) is 5.07. The molecule has 0 aromatic heterocycles. The molecule has 0 radical (unpaired) electrons. The minimum atomic E-state index is -0.178. The highest BCUT2D eigenvalue weighted by molar-refractivity contribution is 6.30. The summed E-state index contributed by atoms with van der Waals surface area (Å²) in [4.78, 5) is 14.9. The predicted octanol–water partition coefficient (Wildman–Crippen LogP) is 3.23. The summed E-state index contributed by atoms with van der Waals surface area (Å²) < 4.78 is 0. The van der Waals surface area contributed by atoms with Crippen LogP contribution in [0.25, 0.3) is 0 Å². The van der Waals surface area contributed by atoms with Gasteiger partial charge in [-0.25, -0.2) is 0 Å². The second-order valence-corrected chi connectivity index (χ2v) is 7.30. The van der Waals surface area contributed by atoms with Crippen molar-refractivity contribution in [3.05, 3.63) is 70.7 Å². The van der Waals surface area contributed by atoms with Crippen LogP contribution in [0.3, 0.4) is 0 Å². The van der Waals surface area contributed by atoms with Crippen LogP contribution in [0.15, 0.2) is 54.6 Å². The van der Waals surface area contributed by atoms with Crippen LogP contribution < -0.4 is 10.6 Å². The Hall–Kier alpha value is -1.88. The van der Waals surface area contributed by atoms with E-state index < -0.39 is 0 Å². The van der Waals surface area contributed by atoms with E-state index in [4.69, 9.17) is 11.6 Å². The molecule has 1 amide bonds. The van der Waals surface area contributed by atoms with E-state index in [9.17, 15) is 4.79 Å². The maximum atomic E-state index is 12.7. The van der Waals surface area contributed by atoms with Crippen LogP contribution in [-0.2, 0) is 4.79 Å². The number of halogens is 1.